The van der Waals surface area contributed by atoms with Gasteiger partial charge in [0.05, 0.1) is 0 Å². The third-order valence-corrected chi connectivity index (χ3v) is 9.13. The van der Waals surface area contributed by atoms with Crippen LogP contribution in [0.5, 0.6) is 0 Å². The minimum absolute atomic E-state index is 0.244. The van der Waals surface area contributed by atoms with Crippen molar-refractivity contribution in [3.05, 3.63) is 0 Å². The van der Waals surface area contributed by atoms with Gasteiger partial charge in [-0.2, -0.15) is 0 Å². The zero-order chi connectivity index (χ0) is 15.6. The molecule has 0 bridgehead atoms. The zero-order valence-electron chi connectivity index (χ0n) is 10.3. The topological polar surface area (TPSA) is 27.7 Å². The number of hydrogen-bond acceptors (Lipinski definition) is 3. The minimum atomic E-state index is -4.13. The molecule has 0 spiro atoms. The van der Waals surface area contributed by atoms with Crippen LogP contribution in [0.3, 0.4) is 0 Å². The quantitative estimate of drug-likeness (QED) is 0.317. The first-order valence-corrected chi connectivity index (χ1v) is 14.5. The summed E-state index contributed by atoms with van der Waals surface area (Å²) in [6, 6.07) is 0. The van der Waals surface area contributed by atoms with Gasteiger partial charge in [-0.25, -0.2) is 0 Å². The second kappa shape index (κ2) is 13.1. The van der Waals surface area contributed by atoms with E-state index in [1.165, 1.54) is 0 Å². The fourth-order valence-electron chi connectivity index (χ4n) is 0.935. The van der Waals surface area contributed by atoms with Gasteiger partial charge in [0.15, 0.2) is 0 Å². The van der Waals surface area contributed by atoms with Crippen molar-refractivity contribution in [2.24, 2.45) is 0 Å². The second-order valence-corrected chi connectivity index (χ2v) is 14.6. The van der Waals surface area contributed by atoms with E-state index >= 15 is 0 Å². The molecule has 0 unspecified atom stereocenters. The number of alkyl halides is 6. The Kier molecular flexibility index (Phi) is 15.0. The average molecular weight is 511 g/mol. The molecule has 0 radical (unpaired) electrons. The molecule has 0 aliphatic rings. The predicted octanol–water partition coefficient (Wildman–Crippen LogP) is 5.67. The molecule has 0 rings (SSSR count). The fraction of sp³-hybridized carbons (Fsp3) is 1.00. The molecule has 0 aliphatic carbocycles. The van der Waals surface area contributed by atoms with Gasteiger partial charge in [-0.3, -0.25) is 0 Å². The van der Waals surface area contributed by atoms with Crippen molar-refractivity contribution in [3.8, 4) is 0 Å². The summed E-state index contributed by atoms with van der Waals surface area (Å²) in [5.41, 5.74) is 0. The van der Waals surface area contributed by atoms with Gasteiger partial charge in [-0.15, -0.1) is 0 Å². The van der Waals surface area contributed by atoms with E-state index in [1.54, 1.807) is 0 Å². The molecule has 0 aromatic heterocycles. The van der Waals surface area contributed by atoms with E-state index in [2.05, 4.69) is 0 Å². The number of rotatable bonds is 12. The van der Waals surface area contributed by atoms with Gasteiger partial charge in [0, 0.05) is 0 Å². The van der Waals surface area contributed by atoms with Crippen molar-refractivity contribution in [2.45, 2.75) is 33.8 Å². The Hall–Kier alpha value is 2.79. The summed E-state index contributed by atoms with van der Waals surface area (Å²) in [6.07, 6.45) is 1.26. The van der Waals surface area contributed by atoms with Gasteiger partial charge in [-0.1, -0.05) is 0 Å². The van der Waals surface area contributed by atoms with Crippen LogP contribution in [-0.4, -0.2) is 34.3 Å². The van der Waals surface area contributed by atoms with E-state index in [0.29, 0.717) is 19.3 Å². The molecule has 3 nitrogen and oxygen atoms in total. The Labute approximate surface area is 159 Å². The molecule has 0 aromatic carbocycles. The van der Waals surface area contributed by atoms with Crippen molar-refractivity contribution in [1.29, 1.82) is 0 Å². The van der Waals surface area contributed by atoms with Crippen molar-refractivity contribution < 1.29 is 28.8 Å². The standard InChI is InChI=1S/3C3H5Cl2O.ClH.Zr/c3*4-3(5)1-2-6;;/h3*3H,1-2H2;1H;/q3*-1;;+4/p-1. The van der Waals surface area contributed by atoms with Crippen LogP contribution in [0.4, 0.5) is 0 Å². The maximum absolute atomic E-state index is 6.27. The normalized spacial score (nSPS) is 12.9. The molecule has 0 aromatic rings. The van der Waals surface area contributed by atoms with Crippen LogP contribution in [0, 0.1) is 0 Å². The molecular formula is C9H15Cl7O3Zr. The second-order valence-electron chi connectivity index (χ2n) is 3.57. The summed E-state index contributed by atoms with van der Waals surface area (Å²) in [6.45, 7) is 0.731. The Balaban J connectivity index is 4.18. The first kappa shape index (κ1) is 22.8. The van der Waals surface area contributed by atoms with Crippen LogP contribution in [-0.2, 0) is 28.8 Å². The van der Waals surface area contributed by atoms with Crippen molar-refractivity contribution in [1.82, 2.24) is 0 Å². The SMILES string of the molecule is ClC(Cl)CC[O][Zr]([Cl])([O]CCC(Cl)Cl)[O]CCC(Cl)Cl. The van der Waals surface area contributed by atoms with E-state index in [-0.39, 0.29) is 19.8 Å². The van der Waals surface area contributed by atoms with Gasteiger partial charge < -0.3 is 0 Å². The van der Waals surface area contributed by atoms with E-state index in [0.717, 1.165) is 0 Å². The predicted molar refractivity (Wildman–Crippen MR) is 84.0 cm³/mol. The summed E-state index contributed by atoms with van der Waals surface area (Å²) in [5.74, 6) is 0. The summed E-state index contributed by atoms with van der Waals surface area (Å²) >= 11 is 29.5. The first-order valence-electron chi connectivity index (χ1n) is 5.70. The molecule has 0 N–H and O–H groups in total. The summed E-state index contributed by atoms with van der Waals surface area (Å²) < 4.78 is 16.5. The van der Waals surface area contributed by atoms with Crippen molar-refractivity contribution >= 4 is 78.1 Å². The van der Waals surface area contributed by atoms with Gasteiger partial charge >= 0.3 is 161 Å². The van der Waals surface area contributed by atoms with E-state index in [9.17, 15) is 0 Å². The third kappa shape index (κ3) is 14.4. The van der Waals surface area contributed by atoms with Crippen LogP contribution < -0.4 is 0 Å². The molecule has 20 heavy (non-hydrogen) atoms. The molecular weight excluding hydrogens is 495 g/mol. The van der Waals surface area contributed by atoms with Crippen molar-refractivity contribution in [2.75, 3.05) is 19.8 Å². The van der Waals surface area contributed by atoms with Crippen molar-refractivity contribution in [3.63, 3.8) is 0 Å². The summed E-state index contributed by atoms with van der Waals surface area (Å²) in [7, 11) is 6.27. The van der Waals surface area contributed by atoms with Crippen LogP contribution >= 0.6 is 78.1 Å². The Morgan fingerprint density at radius 1 is 0.600 bits per heavy atom. The van der Waals surface area contributed by atoms with Gasteiger partial charge in [-0.05, 0) is 0 Å². The van der Waals surface area contributed by atoms with Crippen LogP contribution in [0.1, 0.15) is 19.3 Å². The molecule has 0 heterocycles. The maximum atomic E-state index is 6.27. The average Bonchev–Trinajstić information content (AvgIpc) is 2.27. The van der Waals surface area contributed by atoms with Crippen LogP contribution in [0.15, 0.2) is 0 Å². The molecule has 122 valence electrons. The van der Waals surface area contributed by atoms with Gasteiger partial charge in [0.25, 0.3) is 0 Å². The molecule has 0 atom stereocenters. The molecule has 0 fully saturated rings. The Morgan fingerprint density at radius 3 is 1.05 bits per heavy atom. The molecule has 0 aliphatic heterocycles. The first-order chi connectivity index (χ1) is 9.25. The molecule has 0 saturated heterocycles. The summed E-state index contributed by atoms with van der Waals surface area (Å²) in [4.78, 5) is -1.60. The zero-order valence-corrected chi connectivity index (χ0v) is 18.1. The Morgan fingerprint density at radius 2 is 0.850 bits per heavy atom. The number of halogens is 7. The molecule has 11 heteroatoms. The number of hydrogen-bond donors (Lipinski definition) is 0. The molecule has 0 amide bonds. The van der Waals surface area contributed by atoms with Gasteiger partial charge in [0.2, 0.25) is 0 Å². The van der Waals surface area contributed by atoms with E-state index in [1.807, 2.05) is 0 Å². The van der Waals surface area contributed by atoms with E-state index < -0.39 is 34.9 Å². The monoisotopic (exact) mass is 506 g/mol. The summed E-state index contributed by atoms with van der Waals surface area (Å²) in [5, 5.41) is 0. The van der Waals surface area contributed by atoms with Gasteiger partial charge in [0.1, 0.15) is 0 Å². The van der Waals surface area contributed by atoms with E-state index in [4.69, 9.17) is 86.6 Å². The third-order valence-electron chi connectivity index (χ3n) is 1.83. The molecule has 0 saturated carbocycles. The fourth-order valence-corrected chi connectivity index (χ4v) is 6.12. The van der Waals surface area contributed by atoms with Crippen LogP contribution in [0.25, 0.3) is 0 Å². The van der Waals surface area contributed by atoms with Crippen LogP contribution in [0.2, 0.25) is 0 Å². The Bertz CT molecular complexity index is 210.